The molecule has 0 aliphatic carbocycles. The minimum absolute atomic E-state index is 0. The Bertz CT molecular complexity index is 16.3. The molecule has 0 fully saturated rings. The van der Waals surface area contributed by atoms with Crippen LogP contribution in [0.4, 0.5) is 0 Å². The molecule has 1 N–H and O–H groups in total. The van der Waals surface area contributed by atoms with Crippen molar-refractivity contribution in [3.63, 3.8) is 0 Å². The Hall–Kier alpha value is 4.38. The SMILES string of the molecule is O=CO.[KH].[KH].[KH]. The summed E-state index contributed by atoms with van der Waals surface area (Å²) in [6.45, 7) is -0.250. The van der Waals surface area contributed by atoms with E-state index in [9.17, 15) is 0 Å². The van der Waals surface area contributed by atoms with Crippen LogP contribution in [-0.4, -0.2) is 166 Å². The molecule has 0 rings (SSSR count). The molecule has 0 unspecified atom stereocenters. The number of carbonyl (C=O) groups is 1. The first kappa shape index (κ1) is 22.4. The van der Waals surface area contributed by atoms with Crippen LogP contribution < -0.4 is 0 Å². The van der Waals surface area contributed by atoms with Gasteiger partial charge in [0.1, 0.15) is 0 Å². The summed E-state index contributed by atoms with van der Waals surface area (Å²) in [5, 5.41) is 6.89. The predicted molar refractivity (Wildman–Crippen MR) is 30.1 cm³/mol. The van der Waals surface area contributed by atoms with Gasteiger partial charge < -0.3 is 5.11 Å². The quantitative estimate of drug-likeness (QED) is 0.326. The Morgan fingerprint density at radius 2 is 1.17 bits per heavy atom. The third-order valence-electron chi connectivity index (χ3n) is 0. The number of carboxylic acid groups (broad SMARTS) is 1. The second-order valence-electron chi connectivity index (χ2n) is 0.105. The van der Waals surface area contributed by atoms with Crippen molar-refractivity contribution >= 4 is 161 Å². The molecule has 0 aliphatic rings. The van der Waals surface area contributed by atoms with Gasteiger partial charge in [-0.15, -0.1) is 0 Å². The first-order valence-corrected chi connectivity index (χ1v) is 0.494. The summed E-state index contributed by atoms with van der Waals surface area (Å²) in [5.41, 5.74) is 0. The van der Waals surface area contributed by atoms with E-state index in [1.165, 1.54) is 0 Å². The zero-order valence-corrected chi connectivity index (χ0v) is 1.43. The molecule has 0 saturated carbocycles. The monoisotopic (exact) mass is 166 g/mol. The second-order valence-corrected chi connectivity index (χ2v) is 0.105. The van der Waals surface area contributed by atoms with Crippen molar-refractivity contribution < 1.29 is 9.90 Å². The molecular weight excluding hydrogens is 161 g/mol. The van der Waals surface area contributed by atoms with Gasteiger partial charge in [-0.05, 0) is 0 Å². The van der Waals surface area contributed by atoms with Crippen LogP contribution in [0.2, 0.25) is 0 Å². The summed E-state index contributed by atoms with van der Waals surface area (Å²) >= 11 is 0. The molecule has 0 aromatic rings. The van der Waals surface area contributed by atoms with Gasteiger partial charge in [0.2, 0.25) is 0 Å². The van der Waals surface area contributed by atoms with E-state index in [0.29, 0.717) is 0 Å². The topological polar surface area (TPSA) is 37.3 Å². The van der Waals surface area contributed by atoms with E-state index in [2.05, 4.69) is 0 Å². The van der Waals surface area contributed by atoms with E-state index in [0.717, 1.165) is 0 Å². The Morgan fingerprint density at radius 1 is 1.17 bits per heavy atom. The molecule has 0 spiro atoms. The molecule has 2 nitrogen and oxygen atoms in total. The van der Waals surface area contributed by atoms with Crippen molar-refractivity contribution in [3.05, 3.63) is 0 Å². The molecule has 0 bridgehead atoms. The van der Waals surface area contributed by atoms with Gasteiger partial charge in [-0.2, -0.15) is 0 Å². The van der Waals surface area contributed by atoms with Crippen molar-refractivity contribution in [2.45, 2.75) is 0 Å². The fraction of sp³-hybridized carbons (Fsp3) is 0. The Labute approximate surface area is 164 Å². The molecule has 0 amide bonds. The summed E-state index contributed by atoms with van der Waals surface area (Å²) in [4.78, 5) is 8.36. The zero-order chi connectivity index (χ0) is 2.71. The first-order chi connectivity index (χ1) is 1.41. The molecule has 5 heteroatoms. The van der Waals surface area contributed by atoms with Gasteiger partial charge in [-0.1, -0.05) is 0 Å². The maximum atomic E-state index is 8.36. The van der Waals surface area contributed by atoms with Crippen LogP contribution in [0.25, 0.3) is 0 Å². The Morgan fingerprint density at radius 3 is 1.17 bits per heavy atom. The second kappa shape index (κ2) is 22.8. The summed E-state index contributed by atoms with van der Waals surface area (Å²) in [5.74, 6) is 0. The van der Waals surface area contributed by atoms with E-state index >= 15 is 0 Å². The van der Waals surface area contributed by atoms with Gasteiger partial charge in [0.25, 0.3) is 6.47 Å². The zero-order valence-electron chi connectivity index (χ0n) is 1.43. The van der Waals surface area contributed by atoms with E-state index in [4.69, 9.17) is 9.90 Å². The number of rotatable bonds is 0. The molecule has 0 aromatic heterocycles. The molecule has 0 atom stereocenters. The van der Waals surface area contributed by atoms with Crippen LogP contribution in [0.1, 0.15) is 0 Å². The number of hydrogen-bond donors (Lipinski definition) is 1. The van der Waals surface area contributed by atoms with Gasteiger partial charge in [-0.25, -0.2) is 0 Å². The van der Waals surface area contributed by atoms with Crippen LogP contribution in [0, 0.1) is 0 Å². The fourth-order valence-corrected chi connectivity index (χ4v) is 0. The minimum atomic E-state index is -0.250. The van der Waals surface area contributed by atoms with Gasteiger partial charge in [0.05, 0.1) is 0 Å². The Balaban J connectivity index is -0.00000000667. The molecule has 0 aromatic carbocycles. The fourth-order valence-electron chi connectivity index (χ4n) is 0. The molecule has 0 aliphatic heterocycles. The summed E-state index contributed by atoms with van der Waals surface area (Å²) in [7, 11) is 0. The third-order valence-corrected chi connectivity index (χ3v) is 0. The summed E-state index contributed by atoms with van der Waals surface area (Å²) < 4.78 is 0. The third kappa shape index (κ3) is 23.8. The summed E-state index contributed by atoms with van der Waals surface area (Å²) in [6.07, 6.45) is 0. The maximum absolute atomic E-state index is 8.36. The van der Waals surface area contributed by atoms with Crippen molar-refractivity contribution in [3.8, 4) is 0 Å². The van der Waals surface area contributed by atoms with Gasteiger partial charge >= 0.3 is 154 Å². The van der Waals surface area contributed by atoms with Crippen LogP contribution in [0.5, 0.6) is 0 Å². The average molecular weight is 166 g/mol. The number of hydrogen-bond acceptors (Lipinski definition) is 1. The predicted octanol–water partition coefficient (Wildman–Crippen LogP) is -2.24. The molecule has 0 saturated heterocycles. The molecule has 0 radical (unpaired) electrons. The first-order valence-electron chi connectivity index (χ1n) is 0.494. The standard InChI is InChI=1S/CH2O2.3K.3H/c2-1-3;;;;;;/h1H,(H,2,3);;;;;;. The molecular formula is CH5K3O2. The van der Waals surface area contributed by atoms with Crippen LogP contribution >= 0.6 is 0 Å². The molecule has 0 heterocycles. The van der Waals surface area contributed by atoms with Crippen molar-refractivity contribution in [1.29, 1.82) is 0 Å². The van der Waals surface area contributed by atoms with E-state index in [-0.39, 0.29) is 161 Å². The molecule has 6 heavy (non-hydrogen) atoms. The summed E-state index contributed by atoms with van der Waals surface area (Å²) in [6, 6.07) is 0. The van der Waals surface area contributed by atoms with Crippen LogP contribution in [-0.2, 0) is 4.79 Å². The van der Waals surface area contributed by atoms with E-state index in [1.807, 2.05) is 0 Å². The van der Waals surface area contributed by atoms with E-state index < -0.39 is 0 Å². The van der Waals surface area contributed by atoms with E-state index in [1.54, 1.807) is 0 Å². The van der Waals surface area contributed by atoms with Gasteiger partial charge in [0, 0.05) is 0 Å². The van der Waals surface area contributed by atoms with Crippen molar-refractivity contribution in [2.24, 2.45) is 0 Å². The van der Waals surface area contributed by atoms with Crippen molar-refractivity contribution in [1.82, 2.24) is 0 Å². The van der Waals surface area contributed by atoms with Gasteiger partial charge in [-0.3, -0.25) is 4.79 Å². The molecule has 24 valence electrons. The van der Waals surface area contributed by atoms with Crippen LogP contribution in [0.15, 0.2) is 0 Å². The van der Waals surface area contributed by atoms with Crippen molar-refractivity contribution in [2.75, 3.05) is 0 Å². The Kier molecular flexibility index (Phi) is 85.1. The van der Waals surface area contributed by atoms with Crippen LogP contribution in [0.3, 0.4) is 0 Å². The average Bonchev–Trinajstić information content (AvgIpc) is 0.918. The van der Waals surface area contributed by atoms with Gasteiger partial charge in [0.15, 0.2) is 0 Å². The normalized spacial score (nSPS) is 2.00.